The Kier molecular flexibility index (Phi) is 7.81. The highest BCUT2D eigenvalue weighted by atomic mass is 16.3. The molecule has 6 nitrogen and oxygen atoms in total. The molecule has 0 saturated heterocycles. The van der Waals surface area contributed by atoms with E-state index in [4.69, 9.17) is 0 Å². The van der Waals surface area contributed by atoms with E-state index >= 15 is 0 Å². The number of nitrogens with zero attached hydrogens (tertiary/aromatic N) is 2. The number of aryl methyl sites for hydroxylation is 1. The fourth-order valence-electron chi connectivity index (χ4n) is 2.78. The number of H-pyrrole nitrogens is 1. The summed E-state index contributed by atoms with van der Waals surface area (Å²) in [5.41, 5.74) is 3.18. The monoisotopic (exact) mass is 358 g/mol. The SMILES string of the molecule is Cc1cc(CN(Cc2ccccc2)CC(O)CCNC(=O)C(C)C)[nH]n1. The molecule has 3 N–H and O–H groups in total. The topological polar surface area (TPSA) is 81.2 Å². The van der Waals surface area contributed by atoms with Crippen molar-refractivity contribution in [3.63, 3.8) is 0 Å². The zero-order valence-corrected chi connectivity index (χ0v) is 15.9. The lowest BCUT2D eigenvalue weighted by Crippen LogP contribution is -2.35. The van der Waals surface area contributed by atoms with Crippen LogP contribution in [0.4, 0.5) is 0 Å². The minimum Gasteiger partial charge on any atom is -0.392 e. The van der Waals surface area contributed by atoms with Crippen molar-refractivity contribution in [3.8, 4) is 0 Å². The lowest BCUT2D eigenvalue weighted by molar-refractivity contribution is -0.124. The van der Waals surface area contributed by atoms with Crippen LogP contribution in [0.15, 0.2) is 36.4 Å². The first-order valence-electron chi connectivity index (χ1n) is 9.17. The molecule has 1 heterocycles. The molecule has 142 valence electrons. The standard InChI is InChI=1S/C20H30N4O2/c1-15(2)20(26)21-10-9-19(25)14-24(12-17-7-5-4-6-8-17)13-18-11-16(3)22-23-18/h4-8,11,15,19,25H,9-10,12-14H2,1-3H3,(H,21,26)(H,22,23). The van der Waals surface area contributed by atoms with Gasteiger partial charge in [0.25, 0.3) is 0 Å². The Morgan fingerprint density at radius 3 is 2.62 bits per heavy atom. The summed E-state index contributed by atoms with van der Waals surface area (Å²) in [5.74, 6) is -0.0170. The average Bonchev–Trinajstić information content (AvgIpc) is 3.00. The van der Waals surface area contributed by atoms with Crippen LogP contribution >= 0.6 is 0 Å². The zero-order chi connectivity index (χ0) is 18.9. The number of aromatic nitrogens is 2. The third-order valence-corrected chi connectivity index (χ3v) is 4.17. The quantitative estimate of drug-likeness (QED) is 0.608. The lowest BCUT2D eigenvalue weighted by atomic mass is 10.1. The fraction of sp³-hybridized carbons (Fsp3) is 0.500. The van der Waals surface area contributed by atoms with Gasteiger partial charge in [-0.1, -0.05) is 44.2 Å². The molecule has 1 amide bonds. The van der Waals surface area contributed by atoms with E-state index in [0.29, 0.717) is 26.1 Å². The Balaban J connectivity index is 1.91. The molecule has 1 aromatic carbocycles. The van der Waals surface area contributed by atoms with E-state index in [-0.39, 0.29) is 11.8 Å². The fourth-order valence-corrected chi connectivity index (χ4v) is 2.78. The first-order valence-corrected chi connectivity index (χ1v) is 9.17. The molecule has 2 aromatic rings. The van der Waals surface area contributed by atoms with E-state index in [1.165, 1.54) is 5.56 Å². The number of rotatable bonds is 10. The van der Waals surface area contributed by atoms with Gasteiger partial charge in [0.2, 0.25) is 5.91 Å². The molecule has 2 rings (SSSR count). The zero-order valence-electron chi connectivity index (χ0n) is 15.9. The summed E-state index contributed by atoms with van der Waals surface area (Å²) in [6.45, 7) is 8.12. The summed E-state index contributed by atoms with van der Waals surface area (Å²) in [6.07, 6.45) is 0.0290. The molecule has 1 atom stereocenters. The summed E-state index contributed by atoms with van der Waals surface area (Å²) in [5, 5.41) is 20.5. The van der Waals surface area contributed by atoms with Gasteiger partial charge in [0, 0.05) is 37.8 Å². The Hall–Kier alpha value is -2.18. The van der Waals surface area contributed by atoms with Gasteiger partial charge in [-0.25, -0.2) is 0 Å². The van der Waals surface area contributed by atoms with Gasteiger partial charge in [0.1, 0.15) is 0 Å². The number of benzene rings is 1. The molecule has 0 aliphatic carbocycles. The van der Waals surface area contributed by atoms with Gasteiger partial charge in [0.15, 0.2) is 0 Å². The van der Waals surface area contributed by atoms with Crippen molar-refractivity contribution in [1.82, 2.24) is 20.4 Å². The molecule has 1 unspecified atom stereocenters. The van der Waals surface area contributed by atoms with Gasteiger partial charge in [-0.05, 0) is 25.0 Å². The second-order valence-corrected chi connectivity index (χ2v) is 7.08. The molecule has 0 fully saturated rings. The summed E-state index contributed by atoms with van der Waals surface area (Å²) in [7, 11) is 0. The largest absolute Gasteiger partial charge is 0.392 e. The van der Waals surface area contributed by atoms with Crippen LogP contribution in [0.5, 0.6) is 0 Å². The average molecular weight is 358 g/mol. The maximum atomic E-state index is 11.6. The van der Waals surface area contributed by atoms with Crippen molar-refractivity contribution >= 4 is 5.91 Å². The van der Waals surface area contributed by atoms with Crippen molar-refractivity contribution < 1.29 is 9.90 Å². The van der Waals surface area contributed by atoms with Crippen LogP contribution in [0.2, 0.25) is 0 Å². The van der Waals surface area contributed by atoms with E-state index in [1.54, 1.807) is 0 Å². The number of carbonyl (C=O) groups excluding carboxylic acids is 1. The summed E-state index contributed by atoms with van der Waals surface area (Å²) >= 11 is 0. The van der Waals surface area contributed by atoms with E-state index in [1.807, 2.05) is 45.0 Å². The number of hydrogen-bond donors (Lipinski definition) is 3. The second-order valence-electron chi connectivity index (χ2n) is 7.08. The number of aromatic amines is 1. The van der Waals surface area contributed by atoms with E-state index < -0.39 is 6.10 Å². The van der Waals surface area contributed by atoms with Crippen molar-refractivity contribution in [2.24, 2.45) is 5.92 Å². The minimum atomic E-state index is -0.504. The lowest BCUT2D eigenvalue weighted by Gasteiger charge is -2.25. The Morgan fingerprint density at radius 1 is 1.27 bits per heavy atom. The van der Waals surface area contributed by atoms with Crippen LogP contribution < -0.4 is 5.32 Å². The Morgan fingerprint density at radius 2 is 2.00 bits per heavy atom. The summed E-state index contributed by atoms with van der Waals surface area (Å²) in [6, 6.07) is 12.2. The highest BCUT2D eigenvalue weighted by Gasteiger charge is 2.15. The highest BCUT2D eigenvalue weighted by Crippen LogP contribution is 2.11. The van der Waals surface area contributed by atoms with Crippen LogP contribution in [0, 0.1) is 12.8 Å². The molecule has 26 heavy (non-hydrogen) atoms. The van der Waals surface area contributed by atoms with Gasteiger partial charge in [0.05, 0.1) is 11.8 Å². The predicted molar refractivity (Wildman–Crippen MR) is 102 cm³/mol. The predicted octanol–water partition coefficient (Wildman–Crippen LogP) is 2.24. The third kappa shape index (κ3) is 6.98. The highest BCUT2D eigenvalue weighted by molar-refractivity contribution is 5.77. The number of aliphatic hydroxyl groups is 1. The van der Waals surface area contributed by atoms with Crippen LogP contribution in [0.25, 0.3) is 0 Å². The first-order chi connectivity index (χ1) is 12.4. The van der Waals surface area contributed by atoms with E-state index in [9.17, 15) is 9.90 Å². The van der Waals surface area contributed by atoms with Crippen LogP contribution in [0.1, 0.15) is 37.2 Å². The molecule has 0 spiro atoms. The number of carbonyl (C=O) groups is 1. The number of amides is 1. The van der Waals surface area contributed by atoms with Gasteiger partial charge in [-0.15, -0.1) is 0 Å². The maximum absolute atomic E-state index is 11.6. The summed E-state index contributed by atoms with van der Waals surface area (Å²) in [4.78, 5) is 13.8. The molecule has 0 radical (unpaired) electrons. The Bertz CT molecular complexity index is 669. The molecule has 0 aliphatic heterocycles. The van der Waals surface area contributed by atoms with Gasteiger partial charge in [-0.3, -0.25) is 14.8 Å². The number of aliphatic hydroxyl groups excluding tert-OH is 1. The third-order valence-electron chi connectivity index (χ3n) is 4.17. The normalized spacial score (nSPS) is 12.5. The van der Waals surface area contributed by atoms with Crippen LogP contribution in [-0.4, -0.2) is 45.3 Å². The Labute approximate surface area is 155 Å². The molecule has 6 heteroatoms. The molecular weight excluding hydrogens is 328 g/mol. The van der Waals surface area contributed by atoms with Crippen molar-refractivity contribution in [1.29, 1.82) is 0 Å². The van der Waals surface area contributed by atoms with Crippen molar-refractivity contribution in [2.45, 2.75) is 46.4 Å². The summed E-state index contributed by atoms with van der Waals surface area (Å²) < 4.78 is 0. The van der Waals surface area contributed by atoms with Crippen LogP contribution in [-0.2, 0) is 17.9 Å². The molecular formula is C20H30N4O2. The molecule has 1 aromatic heterocycles. The van der Waals surface area contributed by atoms with E-state index in [0.717, 1.165) is 17.9 Å². The maximum Gasteiger partial charge on any atom is 0.222 e. The van der Waals surface area contributed by atoms with Crippen molar-refractivity contribution in [3.05, 3.63) is 53.3 Å². The van der Waals surface area contributed by atoms with Crippen molar-refractivity contribution in [2.75, 3.05) is 13.1 Å². The number of hydrogen-bond acceptors (Lipinski definition) is 4. The number of nitrogens with one attached hydrogen (secondary N) is 2. The van der Waals surface area contributed by atoms with Gasteiger partial charge < -0.3 is 10.4 Å². The van der Waals surface area contributed by atoms with Gasteiger partial charge >= 0.3 is 0 Å². The smallest absolute Gasteiger partial charge is 0.222 e. The minimum absolute atomic E-state index is 0.0197. The molecule has 0 bridgehead atoms. The van der Waals surface area contributed by atoms with Crippen LogP contribution in [0.3, 0.4) is 0 Å². The molecule has 0 saturated carbocycles. The van der Waals surface area contributed by atoms with E-state index in [2.05, 4.69) is 32.5 Å². The van der Waals surface area contributed by atoms with Gasteiger partial charge in [-0.2, -0.15) is 5.10 Å². The first kappa shape index (κ1) is 20.1. The molecule has 0 aliphatic rings. The second kappa shape index (κ2) is 10.1.